The number of benzene rings is 1. The van der Waals surface area contributed by atoms with Gasteiger partial charge in [-0.15, -0.1) is 0 Å². The Balaban J connectivity index is 2.08. The van der Waals surface area contributed by atoms with Gasteiger partial charge in [-0.05, 0) is 39.3 Å². The van der Waals surface area contributed by atoms with Crippen LogP contribution < -0.4 is 14.8 Å². The Hall–Kier alpha value is -3.18. The van der Waals surface area contributed by atoms with Crippen molar-refractivity contribution in [3.63, 3.8) is 0 Å². The van der Waals surface area contributed by atoms with Crippen LogP contribution in [0.5, 0.6) is 11.5 Å². The van der Waals surface area contributed by atoms with Crippen LogP contribution in [0.25, 0.3) is 0 Å². The van der Waals surface area contributed by atoms with Crippen LogP contribution >= 0.6 is 11.6 Å². The summed E-state index contributed by atoms with van der Waals surface area (Å²) in [6.45, 7) is 7.36. The molecule has 2 rings (SSSR count). The van der Waals surface area contributed by atoms with Crippen LogP contribution in [0.1, 0.15) is 47.5 Å². The number of hydrogen-bond acceptors (Lipinski definition) is 7. The molecule has 160 valence electrons. The lowest BCUT2D eigenvalue weighted by molar-refractivity contribution is -0.119. The number of carbonyl (C=O) groups excluding carboxylic acids is 2. The monoisotopic (exact) mass is 434 g/mol. The van der Waals surface area contributed by atoms with Crippen molar-refractivity contribution in [2.24, 2.45) is 0 Å². The third-order valence-corrected chi connectivity index (χ3v) is 4.36. The maximum atomic E-state index is 12.4. The summed E-state index contributed by atoms with van der Waals surface area (Å²) in [5, 5.41) is 11.8. The van der Waals surface area contributed by atoms with Gasteiger partial charge in [0.1, 0.15) is 17.4 Å². The first-order valence-electron chi connectivity index (χ1n) is 9.38. The van der Waals surface area contributed by atoms with Gasteiger partial charge >= 0.3 is 5.97 Å². The van der Waals surface area contributed by atoms with Crippen molar-refractivity contribution < 1.29 is 28.2 Å². The minimum Gasteiger partial charge on any atom is -0.490 e. The van der Waals surface area contributed by atoms with Crippen molar-refractivity contribution in [2.45, 2.75) is 34.1 Å². The van der Waals surface area contributed by atoms with Gasteiger partial charge in [0.05, 0.1) is 23.8 Å². The van der Waals surface area contributed by atoms with E-state index >= 15 is 0 Å². The van der Waals surface area contributed by atoms with Crippen molar-refractivity contribution in [3.8, 4) is 17.6 Å². The number of halogens is 1. The molecule has 0 saturated heterocycles. The Bertz CT molecular complexity index is 977. The molecule has 0 unspecified atom stereocenters. The van der Waals surface area contributed by atoms with Crippen LogP contribution in [0.2, 0.25) is 5.02 Å². The van der Waals surface area contributed by atoms with Crippen LogP contribution in [0.3, 0.4) is 0 Å². The number of hydrogen-bond donors (Lipinski definition) is 1. The van der Waals surface area contributed by atoms with Crippen LogP contribution in [-0.2, 0) is 9.53 Å². The largest absolute Gasteiger partial charge is 0.490 e. The summed E-state index contributed by atoms with van der Waals surface area (Å²) in [5.74, 6) is -0.206. The molecule has 0 aliphatic carbocycles. The van der Waals surface area contributed by atoms with Gasteiger partial charge in [0, 0.05) is 5.56 Å². The number of aryl methyl sites for hydroxylation is 1. The zero-order chi connectivity index (χ0) is 22.3. The van der Waals surface area contributed by atoms with Crippen molar-refractivity contribution in [3.05, 3.63) is 39.6 Å². The molecule has 2 aromatic rings. The highest BCUT2D eigenvalue weighted by molar-refractivity contribution is 6.32. The van der Waals surface area contributed by atoms with E-state index < -0.39 is 18.5 Å². The smallest absolute Gasteiger partial charge is 0.338 e. The Kier molecular flexibility index (Phi) is 8.13. The second-order valence-corrected chi connectivity index (χ2v) is 6.70. The Labute approximate surface area is 179 Å². The van der Waals surface area contributed by atoms with Crippen LogP contribution in [-0.4, -0.2) is 31.7 Å². The molecule has 0 bridgehead atoms. The molecule has 1 N–H and O–H groups in total. The Morgan fingerprint density at radius 3 is 2.60 bits per heavy atom. The van der Waals surface area contributed by atoms with Crippen LogP contribution in [0.15, 0.2) is 16.5 Å². The molecule has 0 atom stereocenters. The van der Waals surface area contributed by atoms with E-state index in [-0.39, 0.29) is 22.0 Å². The molecule has 1 amide bonds. The van der Waals surface area contributed by atoms with Gasteiger partial charge in [0.15, 0.2) is 18.1 Å². The number of nitriles is 1. The predicted molar refractivity (Wildman–Crippen MR) is 110 cm³/mol. The highest BCUT2D eigenvalue weighted by atomic mass is 35.5. The number of nitrogens with zero attached hydrogens (tertiary/aromatic N) is 1. The maximum Gasteiger partial charge on any atom is 0.338 e. The number of carbonyl (C=O) groups is 2. The third kappa shape index (κ3) is 5.45. The number of amides is 1. The fourth-order valence-electron chi connectivity index (χ4n) is 2.52. The molecule has 0 saturated carbocycles. The average Bonchev–Trinajstić information content (AvgIpc) is 2.98. The number of furan rings is 1. The summed E-state index contributed by atoms with van der Waals surface area (Å²) in [4.78, 5) is 24.5. The standard InChI is InChI=1S/C21H23ClN2O6/c1-5-7-28-19-16(22)8-14(9-17(19)27-6-2)21(26)29-11-18(25)24-20-15(10-23)12(3)13(4)30-20/h8-9H,5-7,11H2,1-4H3,(H,24,25). The van der Waals surface area contributed by atoms with E-state index in [2.05, 4.69) is 5.32 Å². The van der Waals surface area contributed by atoms with Crippen molar-refractivity contribution in [1.82, 2.24) is 0 Å². The normalized spacial score (nSPS) is 10.3. The number of esters is 1. The topological polar surface area (TPSA) is 111 Å². The summed E-state index contributed by atoms with van der Waals surface area (Å²) in [6.07, 6.45) is 0.781. The summed E-state index contributed by atoms with van der Waals surface area (Å²) < 4.78 is 21.5. The maximum absolute atomic E-state index is 12.4. The molecule has 1 aromatic carbocycles. The summed E-state index contributed by atoms with van der Waals surface area (Å²) in [7, 11) is 0. The first-order valence-corrected chi connectivity index (χ1v) is 9.76. The molecule has 0 aliphatic rings. The number of nitrogens with one attached hydrogen (secondary N) is 1. The van der Waals surface area contributed by atoms with E-state index in [1.807, 2.05) is 13.0 Å². The van der Waals surface area contributed by atoms with Gasteiger partial charge in [0.25, 0.3) is 5.91 Å². The first-order chi connectivity index (χ1) is 14.3. The van der Waals surface area contributed by atoms with E-state index in [9.17, 15) is 14.9 Å². The fourth-order valence-corrected chi connectivity index (χ4v) is 2.78. The second-order valence-electron chi connectivity index (χ2n) is 6.29. The molecule has 0 fully saturated rings. The molecular weight excluding hydrogens is 412 g/mol. The molecule has 1 heterocycles. The molecule has 0 spiro atoms. The minimum atomic E-state index is -0.762. The van der Waals surface area contributed by atoms with Crippen LogP contribution in [0, 0.1) is 25.2 Å². The SMILES string of the molecule is CCCOc1c(Cl)cc(C(=O)OCC(=O)Nc2oc(C)c(C)c2C#N)cc1OCC. The molecular formula is C21H23ClN2O6. The van der Waals surface area contributed by atoms with Crippen molar-refractivity contribution in [1.29, 1.82) is 5.26 Å². The summed E-state index contributed by atoms with van der Waals surface area (Å²) >= 11 is 6.24. The highest BCUT2D eigenvalue weighted by Crippen LogP contribution is 2.37. The quantitative estimate of drug-likeness (QED) is 0.582. The lowest BCUT2D eigenvalue weighted by atomic mass is 10.2. The predicted octanol–water partition coefficient (Wildman–Crippen LogP) is 4.40. The summed E-state index contributed by atoms with van der Waals surface area (Å²) in [6, 6.07) is 4.81. The van der Waals surface area contributed by atoms with Crippen molar-refractivity contribution >= 4 is 29.4 Å². The van der Waals surface area contributed by atoms with Crippen LogP contribution in [0.4, 0.5) is 5.88 Å². The average molecular weight is 435 g/mol. The molecule has 8 nitrogen and oxygen atoms in total. The molecule has 0 aliphatic heterocycles. The van der Waals surface area contributed by atoms with Gasteiger partial charge in [-0.3, -0.25) is 10.1 Å². The van der Waals surface area contributed by atoms with Crippen molar-refractivity contribution in [2.75, 3.05) is 25.1 Å². The van der Waals surface area contributed by atoms with Gasteiger partial charge in [0.2, 0.25) is 5.88 Å². The molecule has 9 heteroatoms. The highest BCUT2D eigenvalue weighted by Gasteiger charge is 2.20. The number of ether oxygens (including phenoxy) is 3. The number of anilines is 1. The third-order valence-electron chi connectivity index (χ3n) is 4.08. The molecule has 1 aromatic heterocycles. The zero-order valence-corrected chi connectivity index (χ0v) is 18.0. The Morgan fingerprint density at radius 1 is 1.23 bits per heavy atom. The summed E-state index contributed by atoms with van der Waals surface area (Å²) in [5.41, 5.74) is 0.971. The van der Waals surface area contributed by atoms with E-state index in [0.717, 1.165) is 6.42 Å². The van der Waals surface area contributed by atoms with E-state index in [1.54, 1.807) is 20.8 Å². The zero-order valence-electron chi connectivity index (χ0n) is 17.3. The number of rotatable bonds is 9. The van der Waals surface area contributed by atoms with E-state index in [4.69, 9.17) is 30.2 Å². The molecule has 0 radical (unpaired) electrons. The Morgan fingerprint density at radius 2 is 1.97 bits per heavy atom. The molecule has 30 heavy (non-hydrogen) atoms. The van der Waals surface area contributed by atoms with Gasteiger partial charge < -0.3 is 18.6 Å². The lowest BCUT2D eigenvalue weighted by Crippen LogP contribution is -2.21. The van der Waals surface area contributed by atoms with E-state index in [0.29, 0.717) is 36.0 Å². The van der Waals surface area contributed by atoms with E-state index in [1.165, 1.54) is 12.1 Å². The minimum absolute atomic E-state index is 0.0210. The first kappa shape index (κ1) is 23.1. The van der Waals surface area contributed by atoms with Gasteiger partial charge in [-0.2, -0.15) is 5.26 Å². The second kappa shape index (κ2) is 10.6. The fraction of sp³-hybridized carbons (Fsp3) is 0.381. The lowest BCUT2D eigenvalue weighted by Gasteiger charge is -2.14. The van der Waals surface area contributed by atoms with Gasteiger partial charge in [-0.1, -0.05) is 18.5 Å². The van der Waals surface area contributed by atoms with Gasteiger partial charge in [-0.25, -0.2) is 4.79 Å².